The van der Waals surface area contributed by atoms with Crippen LogP contribution in [0.5, 0.6) is 0 Å². The average molecular weight is 281 g/mol. The summed E-state index contributed by atoms with van der Waals surface area (Å²) in [6, 6.07) is 0. The maximum Gasteiger partial charge on any atom is 0.185 e. The van der Waals surface area contributed by atoms with Crippen LogP contribution in [-0.2, 0) is 11.3 Å². The van der Waals surface area contributed by atoms with Gasteiger partial charge in [-0.2, -0.15) is 0 Å². The molecular weight excluding hydrogens is 258 g/mol. The van der Waals surface area contributed by atoms with Crippen LogP contribution in [0.15, 0.2) is 0 Å². The van der Waals surface area contributed by atoms with Gasteiger partial charge in [0.05, 0.1) is 12.3 Å². The van der Waals surface area contributed by atoms with E-state index in [1.165, 1.54) is 36.3 Å². The average Bonchev–Trinajstić information content (AvgIpc) is 3.19. The Balaban J connectivity index is 1.66. The molecule has 1 aliphatic heterocycles. The van der Waals surface area contributed by atoms with Crippen LogP contribution in [0.4, 0.5) is 5.13 Å². The second-order valence-electron chi connectivity index (χ2n) is 5.75. The van der Waals surface area contributed by atoms with Crippen molar-refractivity contribution < 1.29 is 4.74 Å². The van der Waals surface area contributed by atoms with Gasteiger partial charge in [-0.3, -0.25) is 0 Å². The lowest BCUT2D eigenvalue weighted by molar-refractivity contribution is 0.0576. The predicted octanol–water partition coefficient (Wildman–Crippen LogP) is 2.34. The summed E-state index contributed by atoms with van der Waals surface area (Å²) in [5, 5.41) is 1.13. The zero-order chi connectivity index (χ0) is 13.2. The van der Waals surface area contributed by atoms with Gasteiger partial charge in [0.1, 0.15) is 0 Å². The highest BCUT2D eigenvalue weighted by molar-refractivity contribution is 7.15. The second-order valence-corrected chi connectivity index (χ2v) is 6.81. The van der Waals surface area contributed by atoms with Gasteiger partial charge in [0, 0.05) is 37.5 Å². The van der Waals surface area contributed by atoms with Crippen LogP contribution in [0.3, 0.4) is 0 Å². The molecule has 106 valence electrons. The molecule has 3 rings (SSSR count). The van der Waals surface area contributed by atoms with Crippen molar-refractivity contribution in [2.45, 2.75) is 38.1 Å². The molecule has 2 aliphatic rings. The maximum atomic E-state index is 5.85. The van der Waals surface area contributed by atoms with Gasteiger partial charge in [-0.25, -0.2) is 4.98 Å². The third-order valence-corrected chi connectivity index (χ3v) is 5.19. The Kier molecular flexibility index (Phi) is 4.05. The van der Waals surface area contributed by atoms with Gasteiger partial charge in [0.2, 0.25) is 0 Å². The minimum absolute atomic E-state index is 0.629. The smallest absolute Gasteiger partial charge is 0.185 e. The van der Waals surface area contributed by atoms with Crippen LogP contribution in [0.2, 0.25) is 0 Å². The minimum atomic E-state index is 0.629. The zero-order valence-corrected chi connectivity index (χ0v) is 12.4. The van der Waals surface area contributed by atoms with E-state index in [2.05, 4.69) is 11.9 Å². The monoisotopic (exact) mass is 281 g/mol. The Morgan fingerprint density at radius 3 is 2.89 bits per heavy atom. The number of thiazole rings is 1. The molecule has 0 radical (unpaired) electrons. The van der Waals surface area contributed by atoms with Crippen LogP contribution in [-0.4, -0.2) is 31.8 Å². The first kappa shape index (κ1) is 13.3. The Labute approximate surface area is 119 Å². The molecule has 5 heteroatoms. The van der Waals surface area contributed by atoms with Crippen LogP contribution in [0.25, 0.3) is 0 Å². The fraction of sp³-hybridized carbons (Fsp3) is 0.786. The molecule has 0 bridgehead atoms. The second kappa shape index (κ2) is 5.77. The molecule has 1 unspecified atom stereocenters. The van der Waals surface area contributed by atoms with E-state index < -0.39 is 0 Å². The molecule has 2 heterocycles. The molecule has 1 aromatic rings. The van der Waals surface area contributed by atoms with Gasteiger partial charge in [-0.15, -0.1) is 11.3 Å². The van der Waals surface area contributed by atoms with Crippen molar-refractivity contribution >= 4 is 16.5 Å². The number of hydrogen-bond acceptors (Lipinski definition) is 5. The summed E-state index contributed by atoms with van der Waals surface area (Å²) in [5.74, 6) is 1.34. The number of hydrogen-bond donors (Lipinski definition) is 1. The fourth-order valence-electron chi connectivity index (χ4n) is 2.75. The zero-order valence-electron chi connectivity index (χ0n) is 11.6. The SMILES string of the molecule is CN(CC1CCCOC1)c1nc(C2CC2)c(CN)s1. The van der Waals surface area contributed by atoms with E-state index in [4.69, 9.17) is 15.5 Å². The van der Waals surface area contributed by atoms with E-state index >= 15 is 0 Å². The Hall–Kier alpha value is -0.650. The minimum Gasteiger partial charge on any atom is -0.381 e. The molecule has 19 heavy (non-hydrogen) atoms. The summed E-state index contributed by atoms with van der Waals surface area (Å²) >= 11 is 1.77. The van der Waals surface area contributed by atoms with Crippen LogP contribution >= 0.6 is 11.3 Å². The molecule has 2 fully saturated rings. The highest BCUT2D eigenvalue weighted by atomic mass is 32.1. The lowest BCUT2D eigenvalue weighted by Crippen LogP contribution is -2.30. The molecule has 0 aromatic carbocycles. The van der Waals surface area contributed by atoms with Crippen molar-refractivity contribution in [2.24, 2.45) is 11.7 Å². The molecule has 0 amide bonds. The lowest BCUT2D eigenvalue weighted by Gasteiger charge is -2.26. The number of nitrogens with two attached hydrogens (primary N) is 1. The summed E-state index contributed by atoms with van der Waals surface area (Å²) in [7, 11) is 2.14. The van der Waals surface area contributed by atoms with Crippen molar-refractivity contribution in [1.29, 1.82) is 0 Å². The maximum absolute atomic E-state index is 5.85. The summed E-state index contributed by atoms with van der Waals surface area (Å²) in [6.45, 7) is 3.50. The Morgan fingerprint density at radius 2 is 2.26 bits per heavy atom. The molecule has 1 aromatic heterocycles. The summed E-state index contributed by atoms with van der Waals surface area (Å²) in [4.78, 5) is 8.40. The van der Waals surface area contributed by atoms with E-state index in [-0.39, 0.29) is 0 Å². The summed E-state index contributed by atoms with van der Waals surface area (Å²) < 4.78 is 5.55. The highest BCUT2D eigenvalue weighted by Crippen LogP contribution is 2.44. The van der Waals surface area contributed by atoms with Gasteiger partial charge >= 0.3 is 0 Å². The fourth-order valence-corrected chi connectivity index (χ4v) is 3.75. The van der Waals surface area contributed by atoms with Gasteiger partial charge in [0.25, 0.3) is 0 Å². The number of anilines is 1. The first-order chi connectivity index (χ1) is 9.28. The van der Waals surface area contributed by atoms with E-state index in [0.29, 0.717) is 18.4 Å². The van der Waals surface area contributed by atoms with Gasteiger partial charge < -0.3 is 15.4 Å². The molecule has 0 spiro atoms. The molecular formula is C14H23N3OS. The molecule has 1 saturated carbocycles. The first-order valence-electron chi connectivity index (χ1n) is 7.26. The largest absolute Gasteiger partial charge is 0.381 e. The predicted molar refractivity (Wildman–Crippen MR) is 78.8 cm³/mol. The van der Waals surface area contributed by atoms with E-state index in [9.17, 15) is 0 Å². The van der Waals surface area contributed by atoms with Crippen LogP contribution in [0.1, 0.15) is 42.2 Å². The Morgan fingerprint density at radius 1 is 1.42 bits per heavy atom. The molecule has 4 nitrogen and oxygen atoms in total. The Bertz CT molecular complexity index is 424. The molecule has 2 N–H and O–H groups in total. The highest BCUT2D eigenvalue weighted by Gasteiger charge is 2.30. The van der Waals surface area contributed by atoms with Gasteiger partial charge in [0.15, 0.2) is 5.13 Å². The quantitative estimate of drug-likeness (QED) is 0.900. The standard InChI is InChI=1S/C14H23N3OS/c1-17(8-10-3-2-6-18-9-10)14-16-13(11-4-5-11)12(7-15)19-14/h10-11H,2-9,15H2,1H3. The van der Waals surface area contributed by atoms with Crippen molar-refractivity contribution in [3.05, 3.63) is 10.6 Å². The number of ether oxygens (including phenoxy) is 1. The number of rotatable bonds is 5. The van der Waals surface area contributed by atoms with E-state index in [0.717, 1.165) is 24.9 Å². The number of nitrogens with zero attached hydrogens (tertiary/aromatic N) is 2. The molecule has 1 atom stereocenters. The summed E-state index contributed by atoms with van der Waals surface area (Å²) in [6.07, 6.45) is 5.04. The first-order valence-corrected chi connectivity index (χ1v) is 8.08. The third-order valence-electron chi connectivity index (χ3n) is 3.98. The third kappa shape index (κ3) is 3.09. The molecule has 1 aliphatic carbocycles. The van der Waals surface area contributed by atoms with E-state index in [1.54, 1.807) is 11.3 Å². The van der Waals surface area contributed by atoms with E-state index in [1.807, 2.05) is 0 Å². The van der Waals surface area contributed by atoms with Crippen LogP contribution < -0.4 is 10.6 Å². The normalized spacial score (nSPS) is 23.6. The van der Waals surface area contributed by atoms with Gasteiger partial charge in [-0.1, -0.05) is 0 Å². The lowest BCUT2D eigenvalue weighted by atomic mass is 10.0. The summed E-state index contributed by atoms with van der Waals surface area (Å²) in [5.41, 5.74) is 7.12. The van der Waals surface area contributed by atoms with Gasteiger partial charge in [-0.05, 0) is 31.6 Å². The number of aromatic nitrogens is 1. The van der Waals surface area contributed by atoms with Crippen molar-refractivity contribution in [1.82, 2.24) is 4.98 Å². The van der Waals surface area contributed by atoms with Crippen molar-refractivity contribution in [3.8, 4) is 0 Å². The molecule has 1 saturated heterocycles. The van der Waals surface area contributed by atoms with Crippen molar-refractivity contribution in [2.75, 3.05) is 31.7 Å². The van der Waals surface area contributed by atoms with Crippen LogP contribution in [0, 0.1) is 5.92 Å². The topological polar surface area (TPSA) is 51.4 Å². The van der Waals surface area contributed by atoms with Crippen molar-refractivity contribution in [3.63, 3.8) is 0 Å².